The fourth-order valence-electron chi connectivity index (χ4n) is 2.37. The zero-order chi connectivity index (χ0) is 14.3. The summed E-state index contributed by atoms with van der Waals surface area (Å²) in [5.41, 5.74) is 0. The van der Waals surface area contributed by atoms with Gasteiger partial charge in [0.25, 0.3) is 10.2 Å². The van der Waals surface area contributed by atoms with E-state index in [4.69, 9.17) is 0 Å². The average Bonchev–Trinajstić information content (AvgIpc) is 2.38. The van der Waals surface area contributed by atoms with Crippen LogP contribution in [0.2, 0.25) is 0 Å². The van der Waals surface area contributed by atoms with Crippen LogP contribution in [0.4, 0.5) is 0 Å². The first-order valence-corrected chi connectivity index (χ1v) is 9.63. The first-order valence-electron chi connectivity index (χ1n) is 6.90. The van der Waals surface area contributed by atoms with Gasteiger partial charge in [0, 0.05) is 24.9 Å². The monoisotopic (exact) mass is 309 g/mol. The van der Waals surface area contributed by atoms with Crippen molar-refractivity contribution < 1.29 is 8.42 Å². The van der Waals surface area contributed by atoms with Gasteiger partial charge in [-0.05, 0) is 45.5 Å². The SMILES string of the molecule is CNCCCN(C)S(=O)(=O)NC1CCCC(SC)C1. The molecule has 0 aliphatic heterocycles. The molecular weight excluding hydrogens is 282 g/mol. The molecule has 2 atom stereocenters. The quantitative estimate of drug-likeness (QED) is 0.658. The number of hydrogen-bond donors (Lipinski definition) is 2. The molecule has 19 heavy (non-hydrogen) atoms. The van der Waals surface area contributed by atoms with Crippen LogP contribution < -0.4 is 10.0 Å². The Balaban J connectivity index is 2.44. The molecular formula is C12H27N3O2S2. The van der Waals surface area contributed by atoms with E-state index in [-0.39, 0.29) is 6.04 Å². The Labute approximate surface area is 122 Å². The highest BCUT2D eigenvalue weighted by molar-refractivity contribution is 7.99. The molecule has 0 spiro atoms. The van der Waals surface area contributed by atoms with Gasteiger partial charge in [-0.15, -0.1) is 0 Å². The van der Waals surface area contributed by atoms with E-state index in [0.29, 0.717) is 11.8 Å². The summed E-state index contributed by atoms with van der Waals surface area (Å²) in [5.74, 6) is 0. The Bertz CT molecular complexity index is 349. The van der Waals surface area contributed by atoms with Crippen LogP contribution in [0.3, 0.4) is 0 Å². The van der Waals surface area contributed by atoms with Gasteiger partial charge in [0.15, 0.2) is 0 Å². The van der Waals surface area contributed by atoms with Crippen LogP contribution in [0.25, 0.3) is 0 Å². The largest absolute Gasteiger partial charge is 0.320 e. The summed E-state index contributed by atoms with van der Waals surface area (Å²) in [6, 6.07) is 0.1000. The van der Waals surface area contributed by atoms with E-state index in [1.807, 2.05) is 18.8 Å². The molecule has 2 N–H and O–H groups in total. The zero-order valence-electron chi connectivity index (χ0n) is 12.2. The highest BCUT2D eigenvalue weighted by atomic mass is 32.2. The molecule has 7 heteroatoms. The minimum Gasteiger partial charge on any atom is -0.320 e. The number of nitrogens with one attached hydrogen (secondary N) is 2. The van der Waals surface area contributed by atoms with Crippen molar-refractivity contribution in [2.45, 2.75) is 43.4 Å². The van der Waals surface area contributed by atoms with Crippen molar-refractivity contribution in [1.29, 1.82) is 0 Å². The summed E-state index contributed by atoms with van der Waals surface area (Å²) in [6.45, 7) is 1.38. The van der Waals surface area contributed by atoms with Gasteiger partial charge in [-0.3, -0.25) is 0 Å². The number of thioether (sulfide) groups is 1. The van der Waals surface area contributed by atoms with Crippen molar-refractivity contribution in [3.05, 3.63) is 0 Å². The van der Waals surface area contributed by atoms with Crippen LogP contribution in [0.5, 0.6) is 0 Å². The molecule has 0 aromatic heterocycles. The van der Waals surface area contributed by atoms with Crippen LogP contribution in [0.15, 0.2) is 0 Å². The van der Waals surface area contributed by atoms with Gasteiger partial charge in [-0.25, -0.2) is 0 Å². The van der Waals surface area contributed by atoms with Crippen LogP contribution in [0, 0.1) is 0 Å². The summed E-state index contributed by atoms with van der Waals surface area (Å²) in [6.07, 6.45) is 7.16. The molecule has 1 saturated carbocycles. The van der Waals surface area contributed by atoms with Crippen molar-refractivity contribution in [1.82, 2.24) is 14.3 Å². The summed E-state index contributed by atoms with van der Waals surface area (Å²) in [5, 5.41) is 3.62. The lowest BCUT2D eigenvalue weighted by Crippen LogP contribution is -2.46. The lowest BCUT2D eigenvalue weighted by atomic mass is 9.96. The Morgan fingerprint density at radius 2 is 2.11 bits per heavy atom. The maximum atomic E-state index is 12.2. The first-order chi connectivity index (χ1) is 8.99. The smallest absolute Gasteiger partial charge is 0.279 e. The van der Waals surface area contributed by atoms with Gasteiger partial charge in [0.2, 0.25) is 0 Å². The molecule has 114 valence electrons. The maximum Gasteiger partial charge on any atom is 0.279 e. The van der Waals surface area contributed by atoms with Gasteiger partial charge in [0.1, 0.15) is 0 Å². The van der Waals surface area contributed by atoms with Crippen LogP contribution in [-0.4, -0.2) is 57.5 Å². The molecule has 1 aliphatic carbocycles. The summed E-state index contributed by atoms with van der Waals surface area (Å²) in [4.78, 5) is 0. The predicted molar refractivity (Wildman–Crippen MR) is 82.8 cm³/mol. The van der Waals surface area contributed by atoms with Crippen molar-refractivity contribution in [3.63, 3.8) is 0 Å². The number of nitrogens with zero attached hydrogens (tertiary/aromatic N) is 1. The zero-order valence-corrected chi connectivity index (χ0v) is 13.8. The second-order valence-electron chi connectivity index (χ2n) is 5.12. The van der Waals surface area contributed by atoms with E-state index >= 15 is 0 Å². The second kappa shape index (κ2) is 8.46. The molecule has 1 fully saturated rings. The van der Waals surface area contributed by atoms with E-state index in [1.54, 1.807) is 7.05 Å². The molecule has 0 heterocycles. The summed E-state index contributed by atoms with van der Waals surface area (Å²) >= 11 is 1.84. The summed E-state index contributed by atoms with van der Waals surface area (Å²) < 4.78 is 28.6. The Kier molecular flexibility index (Phi) is 7.68. The van der Waals surface area contributed by atoms with Gasteiger partial charge < -0.3 is 5.32 Å². The van der Waals surface area contributed by atoms with E-state index in [0.717, 1.165) is 32.2 Å². The fraction of sp³-hybridized carbons (Fsp3) is 1.00. The number of hydrogen-bond acceptors (Lipinski definition) is 4. The van der Waals surface area contributed by atoms with Crippen LogP contribution in [-0.2, 0) is 10.2 Å². The highest BCUT2D eigenvalue weighted by Gasteiger charge is 2.27. The molecule has 1 rings (SSSR count). The molecule has 0 aromatic rings. The lowest BCUT2D eigenvalue weighted by molar-refractivity contribution is 0.394. The van der Waals surface area contributed by atoms with E-state index in [2.05, 4.69) is 16.3 Å². The van der Waals surface area contributed by atoms with E-state index in [9.17, 15) is 8.42 Å². The van der Waals surface area contributed by atoms with Crippen molar-refractivity contribution >= 4 is 22.0 Å². The lowest BCUT2D eigenvalue weighted by Gasteiger charge is -2.30. The Morgan fingerprint density at radius 3 is 2.74 bits per heavy atom. The Hall–Kier alpha value is 0.180. The van der Waals surface area contributed by atoms with Crippen molar-refractivity contribution in [3.8, 4) is 0 Å². The van der Waals surface area contributed by atoms with Gasteiger partial charge in [-0.2, -0.15) is 29.2 Å². The maximum absolute atomic E-state index is 12.2. The third-order valence-corrected chi connectivity index (χ3v) is 6.31. The van der Waals surface area contributed by atoms with Gasteiger partial charge >= 0.3 is 0 Å². The van der Waals surface area contributed by atoms with E-state index < -0.39 is 10.2 Å². The van der Waals surface area contributed by atoms with Crippen molar-refractivity contribution in [2.75, 3.05) is 33.4 Å². The van der Waals surface area contributed by atoms with E-state index in [1.165, 1.54) is 10.7 Å². The highest BCUT2D eigenvalue weighted by Crippen LogP contribution is 2.27. The minimum absolute atomic E-state index is 0.1000. The fourth-order valence-corrected chi connectivity index (χ4v) is 4.38. The second-order valence-corrected chi connectivity index (χ2v) is 8.07. The molecule has 0 amide bonds. The molecule has 2 unspecified atom stereocenters. The molecule has 0 aromatic carbocycles. The number of rotatable bonds is 8. The molecule has 0 radical (unpaired) electrons. The van der Waals surface area contributed by atoms with Crippen LogP contribution >= 0.6 is 11.8 Å². The Morgan fingerprint density at radius 1 is 1.37 bits per heavy atom. The predicted octanol–water partition coefficient (Wildman–Crippen LogP) is 1.04. The third kappa shape index (κ3) is 5.99. The van der Waals surface area contributed by atoms with Gasteiger partial charge in [0.05, 0.1) is 0 Å². The first kappa shape index (κ1) is 17.2. The molecule has 0 saturated heterocycles. The molecule has 5 nitrogen and oxygen atoms in total. The molecule has 0 bridgehead atoms. The van der Waals surface area contributed by atoms with Crippen molar-refractivity contribution in [2.24, 2.45) is 0 Å². The van der Waals surface area contributed by atoms with Gasteiger partial charge in [-0.1, -0.05) is 6.42 Å². The minimum atomic E-state index is -3.33. The third-order valence-electron chi connectivity index (χ3n) is 3.59. The van der Waals surface area contributed by atoms with Crippen LogP contribution in [0.1, 0.15) is 32.1 Å². The normalized spacial score (nSPS) is 24.8. The summed E-state index contributed by atoms with van der Waals surface area (Å²) in [7, 11) is 0.192. The standard InChI is InChI=1S/C12H27N3O2S2/c1-13-8-5-9-15(2)19(16,17)14-11-6-4-7-12(10-11)18-3/h11-14H,4-10H2,1-3H3. The average molecular weight is 310 g/mol. The molecule has 1 aliphatic rings. The topological polar surface area (TPSA) is 61.4 Å².